The van der Waals surface area contributed by atoms with E-state index in [2.05, 4.69) is 46.5 Å². The molecule has 9 nitrogen and oxygen atoms in total. The van der Waals surface area contributed by atoms with Crippen molar-refractivity contribution in [2.75, 3.05) is 18.1 Å². The van der Waals surface area contributed by atoms with Gasteiger partial charge in [-0.2, -0.15) is 25.3 Å². The van der Waals surface area contributed by atoms with Crippen molar-refractivity contribution in [1.29, 1.82) is 0 Å². The first-order chi connectivity index (χ1) is 14.8. The molecule has 0 aromatic heterocycles. The molecule has 1 aliphatic rings. The van der Waals surface area contributed by atoms with Gasteiger partial charge in [-0.1, -0.05) is 30.3 Å². The van der Waals surface area contributed by atoms with Gasteiger partial charge < -0.3 is 26.4 Å². The van der Waals surface area contributed by atoms with Gasteiger partial charge in [-0.25, -0.2) is 4.79 Å². The fourth-order valence-electron chi connectivity index (χ4n) is 3.16. The molecule has 170 valence electrons. The number of nitrogens with one attached hydrogen (secondary N) is 4. The Hall–Kier alpha value is -2.24. The van der Waals surface area contributed by atoms with Gasteiger partial charge in [-0.15, -0.1) is 0 Å². The molecule has 4 atom stereocenters. The molecular formula is C20H28N4O5S2. The highest BCUT2D eigenvalue weighted by molar-refractivity contribution is 7.80. The van der Waals surface area contributed by atoms with Crippen molar-refractivity contribution in [3.05, 3.63) is 35.9 Å². The first kappa shape index (κ1) is 25.0. The Balaban J connectivity index is 2.09. The van der Waals surface area contributed by atoms with Crippen LogP contribution in [0.3, 0.4) is 0 Å². The lowest BCUT2D eigenvalue weighted by molar-refractivity contribution is -0.141. The van der Waals surface area contributed by atoms with Crippen LogP contribution in [0, 0.1) is 0 Å². The Morgan fingerprint density at radius 1 is 0.968 bits per heavy atom. The number of hydrogen-bond donors (Lipinski definition) is 7. The SMILES string of the molecule is O=C(O)C(CS)NC(=O)C(Cc1ccccc1)NC(=O)C(CS)NC(=O)C1CCCN1. The lowest BCUT2D eigenvalue weighted by Gasteiger charge is -2.24. The molecule has 0 spiro atoms. The van der Waals surface area contributed by atoms with Gasteiger partial charge in [0, 0.05) is 17.9 Å². The molecule has 5 N–H and O–H groups in total. The van der Waals surface area contributed by atoms with E-state index in [1.165, 1.54) is 0 Å². The number of benzene rings is 1. The van der Waals surface area contributed by atoms with Gasteiger partial charge in [0.1, 0.15) is 18.1 Å². The van der Waals surface area contributed by atoms with Crippen molar-refractivity contribution in [3.63, 3.8) is 0 Å². The van der Waals surface area contributed by atoms with Crippen LogP contribution in [0.4, 0.5) is 0 Å². The smallest absolute Gasteiger partial charge is 0.327 e. The summed E-state index contributed by atoms with van der Waals surface area (Å²) < 4.78 is 0. The van der Waals surface area contributed by atoms with Gasteiger partial charge >= 0.3 is 5.97 Å². The van der Waals surface area contributed by atoms with E-state index in [1.54, 1.807) is 24.3 Å². The maximum absolute atomic E-state index is 12.8. The standard InChI is InChI=1S/C20H28N4O5S2/c25-17(13-7-4-8-21-13)23-15(10-30)19(27)22-14(9-12-5-2-1-3-6-12)18(26)24-16(11-31)20(28)29/h1-3,5-6,13-16,21,30-31H,4,7-11H2,(H,22,27)(H,23,25)(H,24,26)(H,28,29). The Morgan fingerprint density at radius 2 is 1.58 bits per heavy atom. The minimum Gasteiger partial charge on any atom is -0.480 e. The lowest BCUT2D eigenvalue weighted by Crippen LogP contribution is -2.58. The molecule has 31 heavy (non-hydrogen) atoms. The summed E-state index contributed by atoms with van der Waals surface area (Å²) in [5.74, 6) is -2.81. The largest absolute Gasteiger partial charge is 0.480 e. The van der Waals surface area contributed by atoms with E-state index in [1.807, 2.05) is 6.07 Å². The number of carbonyl (C=O) groups excluding carboxylic acids is 3. The topological polar surface area (TPSA) is 137 Å². The molecule has 1 aliphatic heterocycles. The van der Waals surface area contributed by atoms with Crippen molar-refractivity contribution < 1.29 is 24.3 Å². The average molecular weight is 469 g/mol. The molecule has 4 unspecified atom stereocenters. The minimum atomic E-state index is -1.22. The van der Waals surface area contributed by atoms with Crippen LogP contribution in [-0.4, -0.2) is 71.0 Å². The number of carboxylic acid groups (broad SMARTS) is 1. The third kappa shape index (κ3) is 7.75. The summed E-state index contributed by atoms with van der Waals surface area (Å²) in [5.41, 5.74) is 0.780. The zero-order valence-electron chi connectivity index (χ0n) is 16.9. The number of amides is 3. The first-order valence-electron chi connectivity index (χ1n) is 9.98. The second kappa shape index (κ2) is 12.6. The molecule has 1 fully saturated rings. The molecule has 2 rings (SSSR count). The van der Waals surface area contributed by atoms with Gasteiger partial charge in [-0.05, 0) is 24.9 Å². The van der Waals surface area contributed by atoms with Crippen LogP contribution in [0.5, 0.6) is 0 Å². The molecule has 1 heterocycles. The number of carboxylic acids is 1. The van der Waals surface area contributed by atoms with Crippen LogP contribution in [0.25, 0.3) is 0 Å². The quantitative estimate of drug-likeness (QED) is 0.216. The monoisotopic (exact) mass is 468 g/mol. The summed E-state index contributed by atoms with van der Waals surface area (Å²) in [4.78, 5) is 49.2. The number of rotatable bonds is 11. The van der Waals surface area contributed by atoms with Gasteiger partial charge in [0.05, 0.1) is 6.04 Å². The molecule has 1 aromatic carbocycles. The van der Waals surface area contributed by atoms with Crippen LogP contribution < -0.4 is 21.3 Å². The van der Waals surface area contributed by atoms with E-state index < -0.39 is 35.9 Å². The predicted molar refractivity (Wildman–Crippen MR) is 122 cm³/mol. The van der Waals surface area contributed by atoms with Crippen LogP contribution in [0.2, 0.25) is 0 Å². The molecule has 11 heteroatoms. The zero-order chi connectivity index (χ0) is 22.8. The summed E-state index contributed by atoms with van der Waals surface area (Å²) in [6.07, 6.45) is 1.71. The van der Waals surface area contributed by atoms with E-state index in [4.69, 9.17) is 0 Å². The summed E-state index contributed by atoms with van der Waals surface area (Å²) in [6, 6.07) is 5.47. The van der Waals surface area contributed by atoms with Crippen LogP contribution >= 0.6 is 25.3 Å². The van der Waals surface area contributed by atoms with Crippen molar-refractivity contribution >= 4 is 48.9 Å². The van der Waals surface area contributed by atoms with Crippen molar-refractivity contribution in [1.82, 2.24) is 21.3 Å². The van der Waals surface area contributed by atoms with E-state index >= 15 is 0 Å². The lowest BCUT2D eigenvalue weighted by atomic mass is 10.0. The molecule has 0 aliphatic carbocycles. The third-order valence-corrected chi connectivity index (χ3v) is 5.64. The Morgan fingerprint density at radius 3 is 2.13 bits per heavy atom. The fourth-order valence-corrected chi connectivity index (χ4v) is 3.67. The summed E-state index contributed by atoms with van der Waals surface area (Å²) in [6.45, 7) is 0.741. The number of thiol groups is 2. The van der Waals surface area contributed by atoms with E-state index in [0.29, 0.717) is 6.42 Å². The second-order valence-electron chi connectivity index (χ2n) is 7.23. The van der Waals surface area contributed by atoms with Crippen LogP contribution in [0.1, 0.15) is 18.4 Å². The average Bonchev–Trinajstić information content (AvgIpc) is 3.30. The molecular weight excluding hydrogens is 440 g/mol. The Labute approximate surface area is 191 Å². The highest BCUT2D eigenvalue weighted by Gasteiger charge is 2.30. The number of carbonyl (C=O) groups is 4. The fraction of sp³-hybridized carbons (Fsp3) is 0.500. The Bertz CT molecular complexity index is 774. The van der Waals surface area contributed by atoms with Gasteiger partial charge in [0.2, 0.25) is 17.7 Å². The van der Waals surface area contributed by atoms with Gasteiger partial charge in [-0.3, -0.25) is 14.4 Å². The first-order valence-corrected chi connectivity index (χ1v) is 11.2. The maximum Gasteiger partial charge on any atom is 0.327 e. The predicted octanol–water partition coefficient (Wildman–Crippen LogP) is -0.620. The molecule has 0 bridgehead atoms. The Kier molecular flexibility index (Phi) is 10.2. The zero-order valence-corrected chi connectivity index (χ0v) is 18.7. The molecule has 1 saturated heterocycles. The highest BCUT2D eigenvalue weighted by Crippen LogP contribution is 2.07. The second-order valence-corrected chi connectivity index (χ2v) is 7.96. The van der Waals surface area contributed by atoms with Crippen LogP contribution in [-0.2, 0) is 25.6 Å². The normalized spacial score (nSPS) is 18.5. The minimum absolute atomic E-state index is 0.0400. The van der Waals surface area contributed by atoms with Gasteiger partial charge in [0.25, 0.3) is 0 Å². The van der Waals surface area contributed by atoms with Gasteiger partial charge in [0.15, 0.2) is 0 Å². The number of hydrogen-bond acceptors (Lipinski definition) is 7. The summed E-state index contributed by atoms with van der Waals surface area (Å²) in [7, 11) is 0. The highest BCUT2D eigenvalue weighted by atomic mass is 32.1. The summed E-state index contributed by atoms with van der Waals surface area (Å²) in [5, 5.41) is 19.9. The van der Waals surface area contributed by atoms with Crippen molar-refractivity contribution in [2.24, 2.45) is 0 Å². The van der Waals surface area contributed by atoms with Crippen LogP contribution in [0.15, 0.2) is 30.3 Å². The third-order valence-electron chi connectivity index (χ3n) is 4.91. The molecule has 0 saturated carbocycles. The summed E-state index contributed by atoms with van der Waals surface area (Å²) >= 11 is 8.11. The van der Waals surface area contributed by atoms with E-state index in [-0.39, 0.29) is 29.9 Å². The van der Waals surface area contributed by atoms with E-state index in [0.717, 1.165) is 18.5 Å². The van der Waals surface area contributed by atoms with Crippen molar-refractivity contribution in [2.45, 2.75) is 43.4 Å². The van der Waals surface area contributed by atoms with E-state index in [9.17, 15) is 24.3 Å². The molecule has 3 amide bonds. The van der Waals surface area contributed by atoms with Crippen molar-refractivity contribution in [3.8, 4) is 0 Å². The maximum atomic E-state index is 12.8. The molecule has 0 radical (unpaired) electrons. The number of aliphatic carboxylic acids is 1. The molecule has 1 aromatic rings.